The molecule has 2 fully saturated rings. The lowest BCUT2D eigenvalue weighted by molar-refractivity contribution is -0.0261. The zero-order chi connectivity index (χ0) is 17.9. The Morgan fingerprint density at radius 3 is 2.88 bits per heavy atom. The van der Waals surface area contributed by atoms with Crippen LogP contribution in [0.15, 0.2) is 4.99 Å². The molecule has 2 aliphatic rings. The van der Waals surface area contributed by atoms with E-state index < -0.39 is 0 Å². The number of ether oxygens (including phenoxy) is 2. The van der Waals surface area contributed by atoms with Gasteiger partial charge in [0.2, 0.25) is 0 Å². The maximum Gasteiger partial charge on any atom is 0.191 e. The number of nitrogens with one attached hydrogen (secondary N) is 2. The maximum absolute atomic E-state index is 5.88. The largest absolute Gasteiger partial charge is 0.381 e. The van der Waals surface area contributed by atoms with Crippen LogP contribution in [0.4, 0.5) is 0 Å². The van der Waals surface area contributed by atoms with Crippen LogP contribution in [-0.2, 0) is 9.47 Å². The molecule has 0 spiro atoms. The summed E-state index contributed by atoms with van der Waals surface area (Å²) in [6.07, 6.45) is 3.92. The lowest BCUT2D eigenvalue weighted by Gasteiger charge is -2.33. The molecule has 2 N–H and O–H groups in total. The second-order valence-corrected chi connectivity index (χ2v) is 7.66. The number of guanidine groups is 1. The Morgan fingerprint density at radius 2 is 2.16 bits per heavy atom. The predicted octanol–water partition coefficient (Wildman–Crippen LogP) is 1.72. The van der Waals surface area contributed by atoms with Crippen LogP contribution in [0.3, 0.4) is 0 Å². The summed E-state index contributed by atoms with van der Waals surface area (Å²) in [5.74, 6) is 2.43. The van der Waals surface area contributed by atoms with Crippen molar-refractivity contribution >= 4 is 5.96 Å². The summed E-state index contributed by atoms with van der Waals surface area (Å²) in [5.41, 5.74) is 0. The van der Waals surface area contributed by atoms with E-state index in [-0.39, 0.29) is 6.10 Å². The molecule has 6 nitrogen and oxygen atoms in total. The molecule has 1 unspecified atom stereocenters. The number of hydrogen-bond acceptors (Lipinski definition) is 4. The lowest BCUT2D eigenvalue weighted by Crippen LogP contribution is -2.46. The summed E-state index contributed by atoms with van der Waals surface area (Å²) >= 11 is 0. The molecule has 146 valence electrons. The van der Waals surface area contributed by atoms with E-state index in [9.17, 15) is 0 Å². The highest BCUT2D eigenvalue weighted by Gasteiger charge is 2.21. The van der Waals surface area contributed by atoms with Gasteiger partial charge in [0.05, 0.1) is 19.3 Å². The monoisotopic (exact) mass is 354 g/mol. The van der Waals surface area contributed by atoms with Gasteiger partial charge in [-0.1, -0.05) is 13.8 Å². The van der Waals surface area contributed by atoms with Gasteiger partial charge in [0.1, 0.15) is 0 Å². The van der Waals surface area contributed by atoms with E-state index in [1.54, 1.807) is 0 Å². The van der Waals surface area contributed by atoms with Crippen molar-refractivity contribution in [3.05, 3.63) is 0 Å². The Kier molecular flexibility index (Phi) is 9.58. The number of rotatable bonds is 11. The molecule has 6 heteroatoms. The van der Waals surface area contributed by atoms with Crippen LogP contribution in [0.25, 0.3) is 0 Å². The minimum absolute atomic E-state index is 0.199. The topological polar surface area (TPSA) is 58.1 Å². The molecular formula is C19H38N4O2. The van der Waals surface area contributed by atoms with Crippen molar-refractivity contribution in [1.29, 1.82) is 0 Å². The molecule has 0 bridgehead atoms. The minimum Gasteiger partial charge on any atom is -0.381 e. The van der Waals surface area contributed by atoms with Gasteiger partial charge >= 0.3 is 0 Å². The molecule has 0 aromatic rings. The van der Waals surface area contributed by atoms with Gasteiger partial charge in [0, 0.05) is 45.9 Å². The van der Waals surface area contributed by atoms with Gasteiger partial charge in [0.25, 0.3) is 0 Å². The minimum atomic E-state index is 0.199. The highest BCUT2D eigenvalue weighted by molar-refractivity contribution is 5.79. The standard InChI is InChI=1S/C19H38N4O2/c1-4-20-19(21-8-5-10-24-15-17-6-7-17)22-12-18-14-23(9-11-25-18)13-16(2)3/h16-18H,4-15H2,1-3H3,(H2,20,21,22). The van der Waals surface area contributed by atoms with E-state index in [0.29, 0.717) is 12.5 Å². The van der Waals surface area contributed by atoms with Gasteiger partial charge in [-0.05, 0) is 38.0 Å². The molecular weight excluding hydrogens is 316 g/mol. The molecule has 1 saturated carbocycles. The highest BCUT2D eigenvalue weighted by Crippen LogP contribution is 2.28. The van der Waals surface area contributed by atoms with Crippen molar-refractivity contribution in [2.24, 2.45) is 16.8 Å². The average Bonchev–Trinajstić information content (AvgIpc) is 3.39. The molecule has 2 rings (SSSR count). The van der Waals surface area contributed by atoms with Crippen molar-refractivity contribution in [1.82, 2.24) is 15.5 Å². The van der Waals surface area contributed by atoms with Gasteiger partial charge in [-0.2, -0.15) is 0 Å². The van der Waals surface area contributed by atoms with Gasteiger partial charge < -0.3 is 20.1 Å². The fourth-order valence-electron chi connectivity index (χ4n) is 3.02. The normalized spacial score (nSPS) is 22.4. The van der Waals surface area contributed by atoms with Crippen molar-refractivity contribution in [3.63, 3.8) is 0 Å². The van der Waals surface area contributed by atoms with E-state index in [0.717, 1.165) is 70.8 Å². The second kappa shape index (κ2) is 11.7. The first-order valence-electron chi connectivity index (χ1n) is 10.1. The predicted molar refractivity (Wildman–Crippen MR) is 103 cm³/mol. The third-order valence-corrected chi connectivity index (χ3v) is 4.45. The zero-order valence-corrected chi connectivity index (χ0v) is 16.4. The summed E-state index contributed by atoms with van der Waals surface area (Å²) < 4.78 is 11.6. The summed E-state index contributed by atoms with van der Waals surface area (Å²) in [4.78, 5) is 7.20. The van der Waals surface area contributed by atoms with Gasteiger partial charge in [-0.25, -0.2) is 0 Å². The molecule has 0 radical (unpaired) electrons. The Balaban J connectivity index is 1.63. The van der Waals surface area contributed by atoms with Crippen LogP contribution < -0.4 is 10.6 Å². The Hall–Kier alpha value is -0.850. The maximum atomic E-state index is 5.88. The molecule has 1 saturated heterocycles. The molecule has 1 heterocycles. The van der Waals surface area contributed by atoms with Gasteiger partial charge in [-0.15, -0.1) is 0 Å². The van der Waals surface area contributed by atoms with Crippen molar-refractivity contribution in [3.8, 4) is 0 Å². The Labute approximate surface area is 153 Å². The van der Waals surface area contributed by atoms with Crippen molar-refractivity contribution < 1.29 is 9.47 Å². The fraction of sp³-hybridized carbons (Fsp3) is 0.947. The third-order valence-electron chi connectivity index (χ3n) is 4.45. The van der Waals surface area contributed by atoms with Crippen LogP contribution in [0.5, 0.6) is 0 Å². The molecule has 1 aliphatic heterocycles. The Morgan fingerprint density at radius 1 is 1.32 bits per heavy atom. The average molecular weight is 355 g/mol. The smallest absolute Gasteiger partial charge is 0.191 e. The zero-order valence-electron chi connectivity index (χ0n) is 16.4. The Bertz CT molecular complexity index is 386. The molecule has 0 amide bonds. The van der Waals surface area contributed by atoms with Gasteiger partial charge in [0.15, 0.2) is 5.96 Å². The molecule has 0 aromatic carbocycles. The molecule has 1 atom stereocenters. The second-order valence-electron chi connectivity index (χ2n) is 7.66. The van der Waals surface area contributed by atoms with Crippen LogP contribution in [0.1, 0.15) is 40.0 Å². The van der Waals surface area contributed by atoms with E-state index in [1.807, 2.05) is 0 Å². The third kappa shape index (κ3) is 9.42. The molecule has 0 aromatic heterocycles. The van der Waals surface area contributed by atoms with Crippen LogP contribution in [0.2, 0.25) is 0 Å². The summed E-state index contributed by atoms with van der Waals surface area (Å²) in [5, 5.41) is 6.71. The van der Waals surface area contributed by atoms with E-state index in [4.69, 9.17) is 14.5 Å². The highest BCUT2D eigenvalue weighted by atomic mass is 16.5. The number of nitrogens with zero attached hydrogens (tertiary/aromatic N) is 2. The first-order chi connectivity index (χ1) is 12.2. The molecule has 1 aliphatic carbocycles. The SMILES string of the molecule is CCNC(=NCC1CN(CC(C)C)CCO1)NCCCOCC1CC1. The summed E-state index contributed by atoms with van der Waals surface area (Å²) in [7, 11) is 0. The first-order valence-corrected chi connectivity index (χ1v) is 10.1. The van der Waals surface area contributed by atoms with Gasteiger partial charge in [-0.3, -0.25) is 9.89 Å². The molecule has 25 heavy (non-hydrogen) atoms. The van der Waals surface area contributed by atoms with E-state index in [2.05, 4.69) is 36.3 Å². The van der Waals surface area contributed by atoms with Crippen molar-refractivity contribution in [2.75, 3.05) is 59.1 Å². The van der Waals surface area contributed by atoms with Crippen LogP contribution in [0, 0.1) is 11.8 Å². The lowest BCUT2D eigenvalue weighted by atomic mass is 10.2. The summed E-state index contributed by atoms with van der Waals surface area (Å²) in [6, 6.07) is 0. The first kappa shape index (κ1) is 20.5. The van der Waals surface area contributed by atoms with E-state index in [1.165, 1.54) is 12.8 Å². The van der Waals surface area contributed by atoms with Crippen molar-refractivity contribution in [2.45, 2.75) is 46.1 Å². The fourth-order valence-corrected chi connectivity index (χ4v) is 3.02. The quantitative estimate of drug-likeness (QED) is 0.336. The van der Waals surface area contributed by atoms with E-state index >= 15 is 0 Å². The number of morpholine rings is 1. The number of hydrogen-bond donors (Lipinski definition) is 2. The summed E-state index contributed by atoms with van der Waals surface area (Å²) in [6.45, 7) is 14.9. The van der Waals surface area contributed by atoms with Crippen LogP contribution in [-0.4, -0.2) is 76.1 Å². The van der Waals surface area contributed by atoms with Crippen LogP contribution >= 0.6 is 0 Å². The number of aliphatic imine (C=N–C) groups is 1.